The van der Waals surface area contributed by atoms with Gasteiger partial charge in [0.25, 0.3) is 0 Å². The van der Waals surface area contributed by atoms with Crippen LogP contribution in [0.15, 0.2) is 22.7 Å². The van der Waals surface area contributed by atoms with Gasteiger partial charge in [0.05, 0.1) is 5.56 Å². The molecule has 2 aliphatic carbocycles. The molecule has 2 fully saturated rings. The number of anilines is 1. The maximum atomic E-state index is 12.8. The minimum Gasteiger partial charge on any atom is -0.382 e. The van der Waals surface area contributed by atoms with Crippen LogP contribution in [0.25, 0.3) is 0 Å². The SMILES string of the molecule is FC(F)(F)c1cc(Br)cc(NC2CC3CCC2C3)c1. The Balaban J connectivity index is 1.79. The van der Waals surface area contributed by atoms with Crippen LogP contribution in [-0.4, -0.2) is 6.04 Å². The number of halogens is 4. The van der Waals surface area contributed by atoms with Crippen molar-refractivity contribution in [2.75, 3.05) is 5.32 Å². The van der Waals surface area contributed by atoms with Gasteiger partial charge in [-0.1, -0.05) is 22.4 Å². The monoisotopic (exact) mass is 333 g/mol. The topological polar surface area (TPSA) is 12.0 Å². The van der Waals surface area contributed by atoms with E-state index in [2.05, 4.69) is 21.2 Å². The van der Waals surface area contributed by atoms with Crippen molar-refractivity contribution in [3.63, 3.8) is 0 Å². The first-order chi connectivity index (χ1) is 8.91. The lowest BCUT2D eigenvalue weighted by Crippen LogP contribution is -2.26. The Labute approximate surface area is 118 Å². The van der Waals surface area contributed by atoms with Crippen LogP contribution < -0.4 is 5.32 Å². The van der Waals surface area contributed by atoms with E-state index in [9.17, 15) is 13.2 Å². The number of fused-ring (bicyclic) bond motifs is 2. The van der Waals surface area contributed by atoms with E-state index in [0.717, 1.165) is 18.4 Å². The van der Waals surface area contributed by atoms with Crippen LogP contribution in [0.2, 0.25) is 0 Å². The average Bonchev–Trinajstić information content (AvgIpc) is 2.88. The van der Waals surface area contributed by atoms with Gasteiger partial charge in [0.2, 0.25) is 0 Å². The second kappa shape index (κ2) is 4.69. The van der Waals surface area contributed by atoms with Gasteiger partial charge in [-0.3, -0.25) is 0 Å². The van der Waals surface area contributed by atoms with Crippen LogP contribution in [-0.2, 0) is 6.18 Å². The van der Waals surface area contributed by atoms with E-state index in [1.807, 2.05) is 0 Å². The maximum Gasteiger partial charge on any atom is 0.416 e. The van der Waals surface area contributed by atoms with Crippen molar-refractivity contribution in [1.29, 1.82) is 0 Å². The molecule has 2 bridgehead atoms. The molecule has 0 heterocycles. The molecule has 2 saturated carbocycles. The summed E-state index contributed by atoms with van der Waals surface area (Å²) in [5.41, 5.74) is -0.0354. The van der Waals surface area contributed by atoms with E-state index in [1.54, 1.807) is 6.07 Å². The van der Waals surface area contributed by atoms with Crippen LogP contribution in [0.1, 0.15) is 31.2 Å². The first-order valence-electron chi connectivity index (χ1n) is 6.56. The highest BCUT2D eigenvalue weighted by Gasteiger charge is 2.39. The summed E-state index contributed by atoms with van der Waals surface area (Å²) < 4.78 is 38.8. The largest absolute Gasteiger partial charge is 0.416 e. The molecule has 3 atom stereocenters. The van der Waals surface area contributed by atoms with Crippen molar-refractivity contribution in [3.05, 3.63) is 28.2 Å². The summed E-state index contributed by atoms with van der Waals surface area (Å²) >= 11 is 3.16. The van der Waals surface area contributed by atoms with Gasteiger partial charge in [-0.2, -0.15) is 13.2 Å². The molecule has 104 valence electrons. The molecule has 1 N–H and O–H groups in total. The molecule has 1 aromatic rings. The first-order valence-corrected chi connectivity index (χ1v) is 7.35. The third-order valence-corrected chi connectivity index (χ3v) is 4.77. The van der Waals surface area contributed by atoms with Crippen molar-refractivity contribution in [3.8, 4) is 0 Å². The average molecular weight is 334 g/mol. The summed E-state index contributed by atoms with van der Waals surface area (Å²) in [7, 11) is 0. The van der Waals surface area contributed by atoms with E-state index < -0.39 is 11.7 Å². The Morgan fingerprint density at radius 3 is 2.47 bits per heavy atom. The number of hydrogen-bond acceptors (Lipinski definition) is 1. The summed E-state index contributed by atoms with van der Waals surface area (Å²) in [4.78, 5) is 0. The smallest absolute Gasteiger partial charge is 0.382 e. The second-order valence-electron chi connectivity index (χ2n) is 5.65. The van der Waals surface area contributed by atoms with E-state index >= 15 is 0 Å². The van der Waals surface area contributed by atoms with Gasteiger partial charge in [-0.25, -0.2) is 0 Å². The summed E-state index contributed by atoms with van der Waals surface area (Å²) in [6, 6.07) is 4.39. The normalized spacial score (nSPS) is 29.8. The first kappa shape index (κ1) is 13.3. The van der Waals surface area contributed by atoms with Crippen molar-refractivity contribution in [1.82, 2.24) is 0 Å². The standard InChI is InChI=1S/C14H15BrF3N/c15-11-5-10(14(16,17)18)6-12(7-11)19-13-4-8-1-2-9(13)3-8/h5-9,13,19H,1-4H2. The Bertz CT molecular complexity index is 486. The predicted octanol–water partition coefficient (Wildman–Crippen LogP) is 5.07. The fraction of sp³-hybridized carbons (Fsp3) is 0.571. The molecule has 5 heteroatoms. The summed E-state index contributed by atoms with van der Waals surface area (Å²) in [6.45, 7) is 0. The molecule has 0 saturated heterocycles. The fourth-order valence-corrected chi connectivity index (χ4v) is 3.97. The van der Waals surface area contributed by atoms with Crippen LogP contribution in [0.4, 0.5) is 18.9 Å². The number of hydrogen-bond donors (Lipinski definition) is 1. The molecule has 0 spiro atoms. The number of nitrogens with one attached hydrogen (secondary N) is 1. The molecule has 3 rings (SSSR count). The molecular weight excluding hydrogens is 319 g/mol. The van der Waals surface area contributed by atoms with Gasteiger partial charge in [0, 0.05) is 16.2 Å². The Morgan fingerprint density at radius 2 is 1.89 bits per heavy atom. The lowest BCUT2D eigenvalue weighted by Gasteiger charge is -2.24. The van der Waals surface area contributed by atoms with Gasteiger partial charge in [0.1, 0.15) is 0 Å². The lowest BCUT2D eigenvalue weighted by molar-refractivity contribution is -0.137. The van der Waals surface area contributed by atoms with Gasteiger partial charge in [0.15, 0.2) is 0 Å². The molecule has 1 nitrogen and oxygen atoms in total. The Kier molecular flexibility index (Phi) is 3.28. The summed E-state index contributed by atoms with van der Waals surface area (Å²) in [6.07, 6.45) is 0.531. The van der Waals surface area contributed by atoms with E-state index in [-0.39, 0.29) is 0 Å². The minimum absolute atomic E-state index is 0.342. The van der Waals surface area contributed by atoms with E-state index in [1.165, 1.54) is 25.3 Å². The van der Waals surface area contributed by atoms with Crippen LogP contribution in [0, 0.1) is 11.8 Å². The van der Waals surface area contributed by atoms with Crippen LogP contribution >= 0.6 is 15.9 Å². The second-order valence-corrected chi connectivity index (χ2v) is 6.57. The zero-order chi connectivity index (χ0) is 13.6. The molecule has 0 radical (unpaired) electrons. The van der Waals surface area contributed by atoms with Gasteiger partial charge in [-0.15, -0.1) is 0 Å². The minimum atomic E-state index is -4.30. The van der Waals surface area contributed by atoms with Crippen LogP contribution in [0.5, 0.6) is 0 Å². The number of alkyl halides is 3. The van der Waals surface area contributed by atoms with Crippen molar-refractivity contribution >= 4 is 21.6 Å². The quantitative estimate of drug-likeness (QED) is 0.796. The highest BCUT2D eigenvalue weighted by Crippen LogP contribution is 2.46. The molecule has 19 heavy (non-hydrogen) atoms. The van der Waals surface area contributed by atoms with Gasteiger partial charge >= 0.3 is 6.18 Å². The zero-order valence-electron chi connectivity index (χ0n) is 10.3. The summed E-state index contributed by atoms with van der Waals surface area (Å²) in [5.74, 6) is 1.41. The maximum absolute atomic E-state index is 12.8. The predicted molar refractivity (Wildman–Crippen MR) is 72.0 cm³/mol. The third kappa shape index (κ3) is 2.76. The molecule has 2 aliphatic rings. The lowest BCUT2D eigenvalue weighted by atomic mass is 9.95. The molecular formula is C14H15BrF3N. The highest BCUT2D eigenvalue weighted by molar-refractivity contribution is 9.10. The number of rotatable bonds is 2. The molecule has 0 aromatic heterocycles. The van der Waals surface area contributed by atoms with Gasteiger partial charge < -0.3 is 5.32 Å². The third-order valence-electron chi connectivity index (χ3n) is 4.32. The van der Waals surface area contributed by atoms with Crippen molar-refractivity contribution < 1.29 is 13.2 Å². The van der Waals surface area contributed by atoms with Crippen molar-refractivity contribution in [2.45, 2.75) is 37.9 Å². The summed E-state index contributed by atoms with van der Waals surface area (Å²) in [5, 5.41) is 3.30. The zero-order valence-corrected chi connectivity index (χ0v) is 11.9. The Morgan fingerprint density at radius 1 is 1.11 bits per heavy atom. The van der Waals surface area contributed by atoms with E-state index in [0.29, 0.717) is 22.1 Å². The molecule has 0 aliphatic heterocycles. The Hall–Kier alpha value is -0.710. The number of benzene rings is 1. The van der Waals surface area contributed by atoms with Crippen molar-refractivity contribution in [2.24, 2.45) is 11.8 Å². The van der Waals surface area contributed by atoms with Gasteiger partial charge in [-0.05, 0) is 49.3 Å². The molecule has 1 aromatic carbocycles. The molecule has 3 unspecified atom stereocenters. The van der Waals surface area contributed by atoms with Crippen LogP contribution in [0.3, 0.4) is 0 Å². The van der Waals surface area contributed by atoms with E-state index in [4.69, 9.17) is 0 Å². The molecule has 0 amide bonds. The fourth-order valence-electron chi connectivity index (χ4n) is 3.47. The highest BCUT2D eigenvalue weighted by atomic mass is 79.9.